The van der Waals surface area contributed by atoms with Gasteiger partial charge in [-0.3, -0.25) is 4.90 Å². The lowest BCUT2D eigenvalue weighted by molar-refractivity contribution is -0.0349. The zero-order chi connectivity index (χ0) is 22.6. The summed E-state index contributed by atoms with van der Waals surface area (Å²) in [4.78, 5) is 15.2. The molecule has 3 aliphatic heterocycles. The van der Waals surface area contributed by atoms with Crippen LogP contribution in [0.1, 0.15) is 49.4 Å². The Morgan fingerprint density at radius 2 is 1.97 bits per heavy atom. The van der Waals surface area contributed by atoms with Crippen LogP contribution in [0.15, 0.2) is 30.3 Å². The molecule has 3 saturated heterocycles. The van der Waals surface area contributed by atoms with Crippen molar-refractivity contribution in [2.75, 3.05) is 19.6 Å². The number of nitrogens with one attached hydrogen (secondary N) is 1. The maximum Gasteiger partial charge on any atom is 0.407 e. The first-order valence-electron chi connectivity index (χ1n) is 11.5. The molecule has 170 valence electrons. The number of halogens is 2. The Kier molecular flexibility index (Phi) is 5.45. The van der Waals surface area contributed by atoms with Crippen LogP contribution in [0.25, 0.3) is 11.1 Å². The summed E-state index contributed by atoms with van der Waals surface area (Å²) in [7, 11) is 0. The SMILES string of the molecule is Cc1ccc(-c2cc3c(cc2F)[C@H](NC(=O)O[C@H]2CN4CCC2CC4)C(C)(C)C3)cc1Cl. The van der Waals surface area contributed by atoms with Gasteiger partial charge in [-0.2, -0.15) is 0 Å². The van der Waals surface area contributed by atoms with Gasteiger partial charge in [0.2, 0.25) is 0 Å². The predicted octanol–water partition coefficient (Wildman–Crippen LogP) is 5.90. The summed E-state index contributed by atoms with van der Waals surface area (Å²) in [6.07, 6.45) is 2.48. The third kappa shape index (κ3) is 3.90. The van der Waals surface area contributed by atoms with E-state index in [0.29, 0.717) is 16.5 Å². The molecule has 1 amide bonds. The van der Waals surface area contributed by atoms with Gasteiger partial charge in [-0.25, -0.2) is 9.18 Å². The summed E-state index contributed by atoms with van der Waals surface area (Å²) in [6, 6.07) is 8.80. The number of fused-ring (bicyclic) bond motifs is 4. The van der Waals surface area contributed by atoms with Crippen LogP contribution >= 0.6 is 11.6 Å². The number of carbonyl (C=O) groups is 1. The van der Waals surface area contributed by atoms with Gasteiger partial charge < -0.3 is 10.1 Å². The van der Waals surface area contributed by atoms with Gasteiger partial charge in [0.1, 0.15) is 11.9 Å². The van der Waals surface area contributed by atoms with Gasteiger partial charge in [0.15, 0.2) is 0 Å². The zero-order valence-corrected chi connectivity index (χ0v) is 19.6. The average molecular weight is 457 g/mol. The van der Waals surface area contributed by atoms with Crippen molar-refractivity contribution in [3.05, 3.63) is 57.9 Å². The third-order valence-electron chi connectivity index (χ3n) is 7.57. The second-order valence-corrected chi connectivity index (χ2v) is 10.7. The Morgan fingerprint density at radius 3 is 2.62 bits per heavy atom. The van der Waals surface area contributed by atoms with Crippen LogP contribution in [0.3, 0.4) is 0 Å². The molecular weight excluding hydrogens is 427 g/mol. The molecule has 32 heavy (non-hydrogen) atoms. The maximum absolute atomic E-state index is 15.2. The number of carbonyl (C=O) groups excluding carboxylic acids is 1. The highest BCUT2D eigenvalue weighted by Gasteiger charge is 2.42. The van der Waals surface area contributed by atoms with E-state index in [9.17, 15) is 4.79 Å². The summed E-state index contributed by atoms with van der Waals surface area (Å²) >= 11 is 6.28. The molecule has 2 bridgehead atoms. The topological polar surface area (TPSA) is 41.6 Å². The molecule has 0 radical (unpaired) electrons. The Balaban J connectivity index is 1.37. The molecule has 3 fully saturated rings. The van der Waals surface area contributed by atoms with Crippen molar-refractivity contribution in [3.63, 3.8) is 0 Å². The minimum atomic E-state index is -0.399. The highest BCUT2D eigenvalue weighted by molar-refractivity contribution is 6.31. The van der Waals surface area contributed by atoms with Gasteiger partial charge in [0.05, 0.1) is 6.04 Å². The van der Waals surface area contributed by atoms with E-state index < -0.39 is 6.09 Å². The highest BCUT2D eigenvalue weighted by atomic mass is 35.5. The number of nitrogens with zero attached hydrogens (tertiary/aromatic N) is 1. The number of ether oxygens (including phenoxy) is 1. The van der Waals surface area contributed by atoms with Crippen LogP contribution in [-0.4, -0.2) is 36.7 Å². The smallest absolute Gasteiger partial charge is 0.407 e. The fourth-order valence-corrected chi connectivity index (χ4v) is 5.84. The van der Waals surface area contributed by atoms with Crippen molar-refractivity contribution in [2.45, 2.75) is 52.2 Å². The normalized spacial score (nSPS) is 27.8. The molecule has 6 heteroatoms. The van der Waals surface area contributed by atoms with E-state index in [-0.39, 0.29) is 23.4 Å². The maximum atomic E-state index is 15.2. The van der Waals surface area contributed by atoms with Gasteiger partial charge in [-0.05, 0) is 91.1 Å². The molecule has 0 spiro atoms. The fourth-order valence-electron chi connectivity index (χ4n) is 5.66. The number of alkyl carbamates (subject to hydrolysis) is 1. The number of piperidine rings is 3. The fraction of sp³-hybridized carbons (Fsp3) is 0.500. The third-order valence-corrected chi connectivity index (χ3v) is 7.97. The summed E-state index contributed by atoms with van der Waals surface area (Å²) in [6.45, 7) is 9.16. The molecule has 1 aliphatic carbocycles. The average Bonchev–Trinajstić information content (AvgIpc) is 2.99. The first-order chi connectivity index (χ1) is 15.2. The summed E-state index contributed by atoms with van der Waals surface area (Å²) in [5.41, 5.74) is 3.90. The lowest BCUT2D eigenvalue weighted by Gasteiger charge is -2.44. The lowest BCUT2D eigenvalue weighted by atomic mass is 9.85. The molecule has 6 rings (SSSR count). The van der Waals surface area contributed by atoms with Gasteiger partial charge in [0, 0.05) is 17.1 Å². The van der Waals surface area contributed by atoms with E-state index in [4.69, 9.17) is 16.3 Å². The van der Waals surface area contributed by atoms with Gasteiger partial charge in [-0.1, -0.05) is 37.6 Å². The first kappa shape index (κ1) is 21.7. The van der Waals surface area contributed by atoms with E-state index in [2.05, 4.69) is 24.1 Å². The van der Waals surface area contributed by atoms with E-state index in [1.54, 1.807) is 6.07 Å². The van der Waals surface area contributed by atoms with Crippen molar-refractivity contribution >= 4 is 17.7 Å². The van der Waals surface area contributed by atoms with Crippen molar-refractivity contribution in [3.8, 4) is 11.1 Å². The highest BCUT2D eigenvalue weighted by Crippen LogP contribution is 2.47. The molecule has 2 atom stereocenters. The summed E-state index contributed by atoms with van der Waals surface area (Å²) < 4.78 is 21.1. The molecule has 4 aliphatic rings. The molecule has 0 aromatic heterocycles. The van der Waals surface area contributed by atoms with E-state index in [0.717, 1.165) is 61.2 Å². The number of hydrogen-bond acceptors (Lipinski definition) is 3. The lowest BCUT2D eigenvalue weighted by Crippen LogP contribution is -2.53. The molecule has 2 aromatic carbocycles. The van der Waals surface area contributed by atoms with Crippen LogP contribution in [0, 0.1) is 24.1 Å². The van der Waals surface area contributed by atoms with Crippen LogP contribution < -0.4 is 5.32 Å². The monoisotopic (exact) mass is 456 g/mol. The standard InChI is InChI=1S/C26H30ClFN2O2/c1-15-4-5-17(11-21(15)27)19-10-18-13-26(2,3)24(20(18)12-22(19)28)29-25(31)32-23-14-30-8-6-16(23)7-9-30/h4-5,10-12,16,23-24H,6-9,13-14H2,1-3H3,(H,29,31)/t23-,24-/m0/s1. The van der Waals surface area contributed by atoms with Crippen LogP contribution in [0.2, 0.25) is 5.02 Å². The Bertz CT molecular complexity index is 1060. The molecule has 4 nitrogen and oxygen atoms in total. The second kappa shape index (κ2) is 8.03. The Hall–Kier alpha value is -2.11. The number of amides is 1. The van der Waals surface area contributed by atoms with E-state index in [1.165, 1.54) is 0 Å². The van der Waals surface area contributed by atoms with Crippen LogP contribution in [0.4, 0.5) is 9.18 Å². The second-order valence-electron chi connectivity index (χ2n) is 10.3. The first-order valence-corrected chi connectivity index (χ1v) is 11.9. The molecule has 3 heterocycles. The molecule has 0 saturated carbocycles. The molecule has 2 aromatic rings. The van der Waals surface area contributed by atoms with E-state index >= 15 is 4.39 Å². The van der Waals surface area contributed by atoms with Crippen LogP contribution in [0.5, 0.6) is 0 Å². The van der Waals surface area contributed by atoms with Crippen molar-refractivity contribution in [2.24, 2.45) is 11.3 Å². The summed E-state index contributed by atoms with van der Waals surface area (Å²) in [5.74, 6) is 0.148. The number of aryl methyl sites for hydroxylation is 1. The van der Waals surface area contributed by atoms with Crippen molar-refractivity contribution in [1.82, 2.24) is 10.2 Å². The Labute approximate surface area is 194 Å². The Morgan fingerprint density at radius 1 is 1.22 bits per heavy atom. The number of hydrogen-bond donors (Lipinski definition) is 1. The molecular formula is C26H30ClFN2O2. The van der Waals surface area contributed by atoms with E-state index in [1.807, 2.05) is 31.2 Å². The van der Waals surface area contributed by atoms with Crippen molar-refractivity contribution in [1.29, 1.82) is 0 Å². The van der Waals surface area contributed by atoms with Gasteiger partial charge >= 0.3 is 6.09 Å². The minimum absolute atomic E-state index is 0.0492. The molecule has 0 unspecified atom stereocenters. The zero-order valence-electron chi connectivity index (χ0n) is 18.9. The van der Waals surface area contributed by atoms with Gasteiger partial charge in [-0.15, -0.1) is 0 Å². The number of rotatable bonds is 3. The van der Waals surface area contributed by atoms with Crippen molar-refractivity contribution < 1.29 is 13.9 Å². The van der Waals surface area contributed by atoms with Gasteiger partial charge in [0.25, 0.3) is 0 Å². The largest absolute Gasteiger partial charge is 0.445 e. The van der Waals surface area contributed by atoms with Crippen LogP contribution in [-0.2, 0) is 11.2 Å². The number of benzene rings is 2. The minimum Gasteiger partial charge on any atom is -0.445 e. The summed E-state index contributed by atoms with van der Waals surface area (Å²) in [5, 5.41) is 3.69. The quantitative estimate of drug-likeness (QED) is 0.625. The predicted molar refractivity (Wildman–Crippen MR) is 124 cm³/mol. The molecule has 1 N–H and O–H groups in total.